The molecule has 2 saturated heterocycles. The van der Waals surface area contributed by atoms with Gasteiger partial charge in [-0.1, -0.05) is 34.6 Å². The number of allylic oxidation sites excluding steroid dienone is 6. The van der Waals surface area contributed by atoms with Crippen molar-refractivity contribution in [1.29, 1.82) is 0 Å². The number of nitrogens with one attached hydrogen (secondary N) is 2. The zero-order chi connectivity index (χ0) is 65.8. The monoisotopic (exact) mass is 1260 g/mol. The van der Waals surface area contributed by atoms with Gasteiger partial charge in [0.25, 0.3) is 0 Å². The number of carbonyl (C=O) groups excluding carboxylic acids is 7. The molecule has 2 fully saturated rings. The van der Waals surface area contributed by atoms with Crippen LogP contribution in [0.15, 0.2) is 67.8 Å². The zero-order valence-electron chi connectivity index (χ0n) is 52.4. The summed E-state index contributed by atoms with van der Waals surface area (Å²) in [6.45, 7) is 17.3. The van der Waals surface area contributed by atoms with E-state index in [2.05, 4.69) is 15.6 Å². The predicted octanol–water partition coefficient (Wildman–Crippen LogP) is 2.77. The van der Waals surface area contributed by atoms with E-state index < -0.39 is 144 Å². The maximum atomic E-state index is 14.2. The molecule has 1 aromatic heterocycles. The summed E-state index contributed by atoms with van der Waals surface area (Å²) in [7, 11) is -5.01. The number of imidazole rings is 1. The van der Waals surface area contributed by atoms with E-state index in [1.807, 2.05) is 87.4 Å². The van der Waals surface area contributed by atoms with Crippen molar-refractivity contribution in [3.63, 3.8) is 0 Å². The van der Waals surface area contributed by atoms with Crippen LogP contribution in [-0.4, -0.2) is 133 Å². The van der Waals surface area contributed by atoms with Gasteiger partial charge >= 0.3 is 7.82 Å². The van der Waals surface area contributed by atoms with Crippen LogP contribution < -0.4 is 45.0 Å². The standard InChI is InChI=1S/C61H88N13O14P/c1-29-21-38-39(22-30(29)2)74(28-69-38)56-51(83)52(40(27-75)87-56)88-89(84,85)86-20-19-68-48(82)17-18-58(7)36(23-45(65)79)55-61(10)60(9,26-47(67)81)35(13-16-44(64)78)50(73-61)32(4)54-59(8,25-46(66)80)33(11-14-42(62)76)37(70-54)24-41-57(5,6)34(12-15-43(63)77)49(71-41)31(3)53(58)72-55/h21-22,24,28,33-36,40,51-52,55-56,70,75,83H,11-20,23,25-27H2,1-10H3,(H2,62,76)(H2,63,77)(H2,64,78)(H2,65,79)(H2,66,80)(H2,67,81)(H,68,82)(H,84,85)/b37-24?,49-31?,54-32-/t33-,34-,35-,36+,40-,51-,52+,55-,56+,58-,59+,60+,61+/m1/s1. The van der Waals surface area contributed by atoms with Gasteiger partial charge in [-0.15, -0.1) is 0 Å². The number of amides is 7. The highest BCUT2D eigenvalue weighted by Crippen LogP contribution is 2.62. The van der Waals surface area contributed by atoms with Crippen molar-refractivity contribution < 1.29 is 67.0 Å². The van der Waals surface area contributed by atoms with Crippen molar-refractivity contribution in [2.24, 2.45) is 94.7 Å². The second-order valence-electron chi connectivity index (χ2n) is 26.5. The lowest BCUT2D eigenvalue weighted by atomic mass is 9.55. The average Bonchev–Trinajstić information content (AvgIpc) is 1.54. The molecule has 8 rings (SSSR count). The molecule has 17 N–H and O–H groups in total. The molecule has 2 aromatic rings. The summed E-state index contributed by atoms with van der Waals surface area (Å²) in [5, 5.41) is 28.0. The van der Waals surface area contributed by atoms with Gasteiger partial charge in [0, 0.05) is 131 Å². The van der Waals surface area contributed by atoms with Gasteiger partial charge in [-0.05, 0) is 101 Å². The number of benzene rings is 1. The topological polar surface area (TPSA) is 460 Å². The van der Waals surface area contributed by atoms with E-state index >= 15 is 0 Å². The van der Waals surface area contributed by atoms with E-state index in [-0.39, 0.29) is 77.2 Å². The van der Waals surface area contributed by atoms with Crippen molar-refractivity contribution in [2.45, 2.75) is 176 Å². The molecule has 14 atom stereocenters. The summed E-state index contributed by atoms with van der Waals surface area (Å²) < 4.78 is 31.7. The van der Waals surface area contributed by atoms with Crippen molar-refractivity contribution in [3.05, 3.63) is 63.9 Å². The van der Waals surface area contributed by atoms with E-state index in [4.69, 9.17) is 63.2 Å². The Morgan fingerprint density at radius 2 is 1.39 bits per heavy atom. The molecule has 28 heteroatoms. The lowest BCUT2D eigenvalue weighted by molar-refractivity contribution is -0.124. The van der Waals surface area contributed by atoms with Gasteiger partial charge in [-0.2, -0.15) is 0 Å². The number of aliphatic hydroxyl groups excluding tert-OH is 2. The van der Waals surface area contributed by atoms with Crippen LogP contribution in [0.4, 0.5) is 0 Å². The van der Waals surface area contributed by atoms with E-state index in [1.165, 1.54) is 6.33 Å². The second kappa shape index (κ2) is 25.4. The minimum Gasteiger partial charge on any atom is -0.394 e. The lowest BCUT2D eigenvalue weighted by Gasteiger charge is -2.48. The van der Waals surface area contributed by atoms with Crippen LogP contribution in [0, 0.1) is 59.2 Å². The highest BCUT2D eigenvalue weighted by Gasteiger charge is 2.66. The number of nitrogens with two attached hydrogens (primary N) is 6. The Bertz CT molecular complexity index is 3500. The maximum Gasteiger partial charge on any atom is 0.472 e. The quantitative estimate of drug-likeness (QED) is 0.0476. The van der Waals surface area contributed by atoms with Gasteiger partial charge in [0.1, 0.15) is 18.3 Å². The van der Waals surface area contributed by atoms with Crippen LogP contribution in [0.3, 0.4) is 0 Å². The zero-order valence-corrected chi connectivity index (χ0v) is 53.3. The molecule has 0 spiro atoms. The molecular formula is C61H88N13O14P. The Hall–Kier alpha value is -7.00. The molecule has 7 amide bonds. The number of ether oxygens (including phenoxy) is 1. The summed E-state index contributed by atoms with van der Waals surface area (Å²) in [5.41, 5.74) is 37.3. The Morgan fingerprint density at radius 3 is 1.99 bits per heavy atom. The van der Waals surface area contributed by atoms with Crippen LogP contribution in [0.1, 0.15) is 143 Å². The number of hydrogen-bond donors (Lipinski definition) is 11. The van der Waals surface area contributed by atoms with Gasteiger partial charge in [-0.25, -0.2) is 9.55 Å². The third kappa shape index (κ3) is 12.9. The van der Waals surface area contributed by atoms with Crippen LogP contribution >= 0.6 is 7.82 Å². The number of aryl methyl sites for hydroxylation is 2. The van der Waals surface area contributed by atoms with Crippen LogP contribution in [0.25, 0.3) is 11.0 Å². The highest BCUT2D eigenvalue weighted by molar-refractivity contribution is 7.47. The molecule has 0 saturated carbocycles. The van der Waals surface area contributed by atoms with Crippen molar-refractivity contribution in [3.8, 4) is 0 Å². The van der Waals surface area contributed by atoms with E-state index in [0.717, 1.165) is 11.1 Å². The first kappa shape index (κ1) is 67.9. The molecule has 6 aliphatic rings. The number of phosphoric acid groups is 1. The van der Waals surface area contributed by atoms with Gasteiger partial charge in [0.05, 0.1) is 42.2 Å². The smallest absolute Gasteiger partial charge is 0.394 e. The first-order valence-electron chi connectivity index (χ1n) is 30.1. The number of aliphatic imine (C=N–C) groups is 3. The van der Waals surface area contributed by atoms with Gasteiger partial charge in [0.15, 0.2) is 6.23 Å². The highest BCUT2D eigenvalue weighted by atomic mass is 31.2. The van der Waals surface area contributed by atoms with Crippen LogP contribution in [0.5, 0.6) is 0 Å². The molecule has 7 heterocycles. The maximum absolute atomic E-state index is 14.2. The molecule has 0 aliphatic carbocycles. The van der Waals surface area contributed by atoms with Gasteiger partial charge < -0.3 is 69.4 Å². The number of rotatable bonds is 26. The lowest BCUT2D eigenvalue weighted by Crippen LogP contribution is -2.56. The number of primary amides is 6. The fourth-order valence-electron chi connectivity index (χ4n) is 15.3. The summed E-state index contributed by atoms with van der Waals surface area (Å²) >= 11 is 0. The molecular weight excluding hydrogens is 1170 g/mol. The third-order valence-electron chi connectivity index (χ3n) is 20.4. The number of hydrogen-bond acceptors (Lipinski definition) is 18. The fourth-order valence-corrected chi connectivity index (χ4v) is 16.2. The minimum atomic E-state index is -5.01. The van der Waals surface area contributed by atoms with Crippen molar-refractivity contribution in [1.82, 2.24) is 20.2 Å². The first-order chi connectivity index (χ1) is 41.4. The molecule has 27 nitrogen and oxygen atoms in total. The molecule has 6 aliphatic heterocycles. The molecule has 0 radical (unpaired) electrons. The van der Waals surface area contributed by atoms with E-state index in [0.29, 0.717) is 56.4 Å². The molecule has 1 unspecified atom stereocenters. The molecule has 1 aromatic carbocycles. The Morgan fingerprint density at radius 1 is 0.787 bits per heavy atom. The Kier molecular flexibility index (Phi) is 19.3. The minimum absolute atomic E-state index is 0.00583. The Balaban J connectivity index is 1.18. The molecule has 8 bridgehead atoms. The second-order valence-corrected chi connectivity index (χ2v) is 28.0. The number of fused-ring (bicyclic) bond motifs is 7. The third-order valence-corrected chi connectivity index (χ3v) is 21.4. The SMILES string of the molecule is CC1=C2N=C(C=C3N/C(=C(/C)C4=N[C@@](C)([C@@H]5N=C1[C@](C)(CCC(=O)NCCOP(=O)(O)O[C@@H]1[C@@H](O)[C@@H](n6cnc7cc(C)c(C)cc76)O[C@@H]1CO)[C@H]5CC(N)=O)[C@@](C)(CC(N)=O)[C@@H]4CCC(N)=O)[C@@](C)(CC(N)=O)[C@@H]3CCC(N)=O)C(C)(C)[C@@H]2CCC(N)=O. The van der Waals surface area contributed by atoms with Crippen LogP contribution in [-0.2, 0) is 51.9 Å². The number of nitrogens with zero attached hydrogens (tertiary/aromatic N) is 5. The Labute approximate surface area is 517 Å². The first-order valence-corrected chi connectivity index (χ1v) is 31.6. The molecule has 486 valence electrons. The summed E-state index contributed by atoms with van der Waals surface area (Å²) in [6, 6.07) is 2.70. The number of carbonyl (C=O) groups is 7. The number of phosphoric ester groups is 1. The largest absolute Gasteiger partial charge is 0.472 e. The summed E-state index contributed by atoms with van der Waals surface area (Å²) in [4.78, 5) is 125. The molecule has 89 heavy (non-hydrogen) atoms. The number of aliphatic hydroxyl groups is 2. The van der Waals surface area contributed by atoms with E-state index in [1.54, 1.807) is 4.57 Å². The van der Waals surface area contributed by atoms with Crippen LogP contribution in [0.2, 0.25) is 0 Å². The van der Waals surface area contributed by atoms with Crippen molar-refractivity contribution >= 4 is 77.3 Å². The average molecular weight is 1260 g/mol. The normalized spacial score (nSPS) is 32.7. The van der Waals surface area contributed by atoms with Gasteiger partial charge in [-0.3, -0.25) is 57.6 Å². The predicted molar refractivity (Wildman–Crippen MR) is 329 cm³/mol. The summed E-state index contributed by atoms with van der Waals surface area (Å²) in [5.74, 6) is -7.16. The fraction of sp³-hybridized carbons (Fsp3) is 0.623. The van der Waals surface area contributed by atoms with Gasteiger partial charge in [0.2, 0.25) is 41.4 Å². The van der Waals surface area contributed by atoms with Crippen molar-refractivity contribution in [2.75, 3.05) is 19.8 Å². The summed E-state index contributed by atoms with van der Waals surface area (Å²) in [6.07, 6.45) is -3.02. The van der Waals surface area contributed by atoms with E-state index in [9.17, 15) is 53.2 Å². The number of aromatic nitrogens is 2.